The maximum atomic E-state index is 5.44. The molecule has 1 aromatic carbocycles. The minimum absolute atomic E-state index is 0.270. The van der Waals surface area contributed by atoms with Crippen LogP contribution in [0.25, 0.3) is 0 Å². The molecule has 0 spiro atoms. The minimum Gasteiger partial charge on any atom is -0.497 e. The summed E-state index contributed by atoms with van der Waals surface area (Å²) in [5.41, 5.74) is 2.18. The van der Waals surface area contributed by atoms with Crippen molar-refractivity contribution in [2.45, 2.75) is 38.7 Å². The van der Waals surface area contributed by atoms with Crippen LogP contribution in [-0.4, -0.2) is 18.9 Å². The molecule has 3 heteroatoms. The third-order valence-electron chi connectivity index (χ3n) is 3.04. The molecule has 1 aliphatic heterocycles. The Morgan fingerprint density at radius 1 is 1.35 bits per heavy atom. The van der Waals surface area contributed by atoms with Gasteiger partial charge in [-0.3, -0.25) is 0 Å². The van der Waals surface area contributed by atoms with Crippen LogP contribution >= 0.6 is 0 Å². The van der Waals surface area contributed by atoms with Gasteiger partial charge in [0.25, 0.3) is 0 Å². The van der Waals surface area contributed by atoms with Crippen molar-refractivity contribution in [1.29, 1.82) is 0 Å². The van der Waals surface area contributed by atoms with Crippen molar-refractivity contribution in [3.05, 3.63) is 29.8 Å². The molecule has 0 fully saturated rings. The molecule has 92 valence electrons. The molecule has 1 unspecified atom stereocenters. The molecule has 17 heavy (non-hydrogen) atoms. The number of benzene rings is 1. The van der Waals surface area contributed by atoms with Crippen molar-refractivity contribution in [1.82, 2.24) is 0 Å². The highest BCUT2D eigenvalue weighted by Gasteiger charge is 2.21. The lowest BCUT2D eigenvalue weighted by Crippen LogP contribution is -2.08. The molecular weight excluding hydrogens is 214 g/mol. The molecule has 1 heterocycles. The van der Waals surface area contributed by atoms with Gasteiger partial charge >= 0.3 is 0 Å². The molecule has 1 aromatic rings. The van der Waals surface area contributed by atoms with E-state index in [0.717, 1.165) is 29.9 Å². The molecule has 0 saturated heterocycles. The van der Waals surface area contributed by atoms with Crippen LogP contribution in [0.5, 0.6) is 5.75 Å². The third kappa shape index (κ3) is 2.99. The van der Waals surface area contributed by atoms with E-state index in [-0.39, 0.29) is 6.10 Å². The average Bonchev–Trinajstić information content (AvgIpc) is 2.85. The van der Waals surface area contributed by atoms with Crippen molar-refractivity contribution in [3.8, 4) is 5.75 Å². The molecule has 2 rings (SSSR count). The summed E-state index contributed by atoms with van der Waals surface area (Å²) in [6, 6.07) is 7.97. The van der Waals surface area contributed by atoms with Crippen LogP contribution in [0.2, 0.25) is 0 Å². The van der Waals surface area contributed by atoms with Crippen molar-refractivity contribution in [2.75, 3.05) is 7.11 Å². The van der Waals surface area contributed by atoms with Crippen LogP contribution in [0.3, 0.4) is 0 Å². The Morgan fingerprint density at radius 2 is 2.12 bits per heavy atom. The second kappa shape index (κ2) is 5.71. The van der Waals surface area contributed by atoms with E-state index in [4.69, 9.17) is 9.57 Å². The van der Waals surface area contributed by atoms with Crippen LogP contribution < -0.4 is 4.74 Å². The average molecular weight is 233 g/mol. The first-order valence-electron chi connectivity index (χ1n) is 6.20. The first-order valence-corrected chi connectivity index (χ1v) is 6.20. The Hall–Kier alpha value is -1.51. The van der Waals surface area contributed by atoms with Gasteiger partial charge < -0.3 is 9.57 Å². The summed E-state index contributed by atoms with van der Waals surface area (Å²) in [6.45, 7) is 2.19. The topological polar surface area (TPSA) is 30.8 Å². The second-order valence-corrected chi connectivity index (χ2v) is 4.34. The van der Waals surface area contributed by atoms with Gasteiger partial charge in [-0.05, 0) is 42.7 Å². The van der Waals surface area contributed by atoms with Gasteiger partial charge in [-0.25, -0.2) is 0 Å². The molecule has 0 amide bonds. The molecule has 1 aliphatic rings. The molecule has 1 atom stereocenters. The number of nitrogens with zero attached hydrogens (tertiary/aromatic N) is 1. The summed E-state index contributed by atoms with van der Waals surface area (Å²) in [4.78, 5) is 5.44. The first kappa shape index (κ1) is 12.0. The lowest BCUT2D eigenvalue weighted by molar-refractivity contribution is 0.0774. The lowest BCUT2D eigenvalue weighted by atomic mass is 10.0. The van der Waals surface area contributed by atoms with E-state index in [1.807, 2.05) is 24.3 Å². The molecule has 0 saturated carbocycles. The van der Waals surface area contributed by atoms with Gasteiger partial charge in [0.15, 0.2) is 0 Å². The summed E-state index contributed by atoms with van der Waals surface area (Å²) in [7, 11) is 1.67. The van der Waals surface area contributed by atoms with E-state index in [2.05, 4.69) is 12.1 Å². The molecular formula is C14H19NO2. The third-order valence-corrected chi connectivity index (χ3v) is 3.04. The molecule has 3 nitrogen and oxygen atoms in total. The highest BCUT2D eigenvalue weighted by atomic mass is 16.6. The molecule has 0 bridgehead atoms. The predicted molar refractivity (Wildman–Crippen MR) is 68.5 cm³/mol. The fourth-order valence-corrected chi connectivity index (χ4v) is 1.97. The Bertz CT molecular complexity index is 384. The van der Waals surface area contributed by atoms with Crippen molar-refractivity contribution in [2.24, 2.45) is 5.16 Å². The Kier molecular flexibility index (Phi) is 4.02. The summed E-state index contributed by atoms with van der Waals surface area (Å²) >= 11 is 0. The van der Waals surface area contributed by atoms with E-state index in [1.165, 1.54) is 12.8 Å². The van der Waals surface area contributed by atoms with Crippen LogP contribution in [-0.2, 0) is 4.84 Å². The smallest absolute Gasteiger partial charge is 0.133 e. The van der Waals surface area contributed by atoms with E-state index < -0.39 is 0 Å². The van der Waals surface area contributed by atoms with Gasteiger partial charge in [-0.15, -0.1) is 0 Å². The van der Waals surface area contributed by atoms with Gasteiger partial charge in [0.05, 0.1) is 12.8 Å². The normalized spacial score (nSPS) is 18.7. The Morgan fingerprint density at radius 3 is 2.76 bits per heavy atom. The fraction of sp³-hybridized carbons (Fsp3) is 0.500. The quantitative estimate of drug-likeness (QED) is 0.780. The summed E-state index contributed by atoms with van der Waals surface area (Å²) in [6.07, 6.45) is 4.70. The standard InChI is InChI=1S/C14H19NO2/c1-3-4-5-13-10-14(15-17-13)11-6-8-12(16-2)9-7-11/h6-9,13H,3-5,10H2,1-2H3. The van der Waals surface area contributed by atoms with Gasteiger partial charge in [0.2, 0.25) is 0 Å². The number of methoxy groups -OCH3 is 1. The number of hydrogen-bond acceptors (Lipinski definition) is 3. The Balaban J connectivity index is 1.95. The highest BCUT2D eigenvalue weighted by Crippen LogP contribution is 2.21. The van der Waals surface area contributed by atoms with Crippen molar-refractivity contribution < 1.29 is 9.57 Å². The maximum Gasteiger partial charge on any atom is 0.133 e. The molecule has 0 radical (unpaired) electrons. The van der Waals surface area contributed by atoms with Crippen LogP contribution in [0, 0.1) is 0 Å². The largest absolute Gasteiger partial charge is 0.497 e. The van der Waals surface area contributed by atoms with E-state index in [9.17, 15) is 0 Å². The van der Waals surface area contributed by atoms with Crippen LogP contribution in [0.15, 0.2) is 29.4 Å². The van der Waals surface area contributed by atoms with Gasteiger partial charge in [0.1, 0.15) is 11.9 Å². The zero-order chi connectivity index (χ0) is 12.1. The van der Waals surface area contributed by atoms with Crippen LogP contribution in [0.1, 0.15) is 38.2 Å². The van der Waals surface area contributed by atoms with Crippen LogP contribution in [0.4, 0.5) is 0 Å². The van der Waals surface area contributed by atoms with Crippen molar-refractivity contribution in [3.63, 3.8) is 0 Å². The highest BCUT2D eigenvalue weighted by molar-refractivity contribution is 6.01. The van der Waals surface area contributed by atoms with Gasteiger partial charge in [-0.2, -0.15) is 0 Å². The number of unbranched alkanes of at least 4 members (excludes halogenated alkanes) is 1. The zero-order valence-electron chi connectivity index (χ0n) is 10.5. The predicted octanol–water partition coefficient (Wildman–Crippen LogP) is 3.38. The maximum absolute atomic E-state index is 5.44. The summed E-state index contributed by atoms with van der Waals surface area (Å²) in [5.74, 6) is 0.871. The summed E-state index contributed by atoms with van der Waals surface area (Å²) in [5, 5.41) is 4.17. The molecule has 0 N–H and O–H groups in total. The fourth-order valence-electron chi connectivity index (χ4n) is 1.97. The van der Waals surface area contributed by atoms with E-state index in [1.54, 1.807) is 7.11 Å². The number of ether oxygens (including phenoxy) is 1. The number of rotatable bonds is 5. The van der Waals surface area contributed by atoms with E-state index in [0.29, 0.717) is 0 Å². The Labute approximate surface area is 102 Å². The van der Waals surface area contributed by atoms with Gasteiger partial charge in [-0.1, -0.05) is 18.5 Å². The van der Waals surface area contributed by atoms with E-state index >= 15 is 0 Å². The summed E-state index contributed by atoms with van der Waals surface area (Å²) < 4.78 is 5.13. The minimum atomic E-state index is 0.270. The lowest BCUT2D eigenvalue weighted by Gasteiger charge is -2.06. The number of oxime groups is 1. The monoisotopic (exact) mass is 233 g/mol. The first-order chi connectivity index (χ1) is 8.33. The van der Waals surface area contributed by atoms with Gasteiger partial charge in [0, 0.05) is 6.42 Å². The number of hydrogen-bond donors (Lipinski definition) is 0. The second-order valence-electron chi connectivity index (χ2n) is 4.34. The molecule has 0 aromatic heterocycles. The van der Waals surface area contributed by atoms with Crippen molar-refractivity contribution >= 4 is 5.71 Å². The zero-order valence-corrected chi connectivity index (χ0v) is 10.5. The molecule has 0 aliphatic carbocycles. The SMILES string of the molecule is CCCCC1CC(c2ccc(OC)cc2)=NO1.